The van der Waals surface area contributed by atoms with Crippen LogP contribution in [-0.2, 0) is 14.3 Å². The Balaban J connectivity index is 1.22. The number of piperidine rings is 1. The Morgan fingerprint density at radius 3 is 2.17 bits per heavy atom. The van der Waals surface area contributed by atoms with E-state index in [0.29, 0.717) is 25.9 Å². The lowest BCUT2D eigenvalue weighted by Gasteiger charge is -2.32. The van der Waals surface area contributed by atoms with E-state index in [4.69, 9.17) is 14.9 Å². The van der Waals surface area contributed by atoms with Crippen molar-refractivity contribution in [2.75, 3.05) is 32.8 Å². The first-order valence-electron chi connectivity index (χ1n) is 11.9. The van der Waals surface area contributed by atoms with E-state index in [-0.39, 0.29) is 38.1 Å². The highest BCUT2D eigenvalue weighted by molar-refractivity contribution is 5.84. The van der Waals surface area contributed by atoms with Crippen LogP contribution in [0.2, 0.25) is 0 Å². The number of aliphatic hydroxyl groups excluding tert-OH is 1. The lowest BCUT2D eigenvalue weighted by atomic mass is 9.98. The van der Waals surface area contributed by atoms with Gasteiger partial charge < -0.3 is 25.6 Å². The number of hydrogen-bond acceptors (Lipinski definition) is 6. The number of hydrogen-bond donors (Lipinski definition) is 4. The number of ether oxygens (including phenoxy) is 1. The molecule has 0 bridgehead atoms. The summed E-state index contributed by atoms with van der Waals surface area (Å²) in [4.78, 5) is 37.7. The van der Waals surface area contributed by atoms with Crippen LogP contribution in [-0.4, -0.2) is 78.0 Å². The molecule has 1 saturated heterocycles. The molecule has 1 heterocycles. The molecular formula is C26H31N3O6. The monoisotopic (exact) mass is 481 g/mol. The molecule has 0 spiro atoms. The Morgan fingerprint density at radius 1 is 1.00 bits per heavy atom. The van der Waals surface area contributed by atoms with Gasteiger partial charge in [0.25, 0.3) is 0 Å². The summed E-state index contributed by atoms with van der Waals surface area (Å²) >= 11 is 0. The molecule has 0 unspecified atom stereocenters. The Morgan fingerprint density at radius 2 is 1.60 bits per heavy atom. The fourth-order valence-corrected chi connectivity index (χ4v) is 4.87. The highest BCUT2D eigenvalue weighted by atomic mass is 16.5. The predicted molar refractivity (Wildman–Crippen MR) is 129 cm³/mol. The number of carboxylic acids is 1. The third-order valence-corrected chi connectivity index (χ3v) is 6.67. The molecule has 1 fully saturated rings. The van der Waals surface area contributed by atoms with Crippen molar-refractivity contribution >= 4 is 18.0 Å². The molecule has 2 aliphatic rings. The van der Waals surface area contributed by atoms with Gasteiger partial charge in [-0.05, 0) is 35.1 Å². The molecule has 1 atom stereocenters. The summed E-state index contributed by atoms with van der Waals surface area (Å²) < 4.78 is 5.62. The van der Waals surface area contributed by atoms with Crippen molar-refractivity contribution in [3.63, 3.8) is 0 Å². The smallest absolute Gasteiger partial charge is 0.407 e. The van der Waals surface area contributed by atoms with Gasteiger partial charge in [-0.25, -0.2) is 9.59 Å². The standard InChI is InChI=1S/C26H31N3O6/c30-14-11-23(25(32)33)28-24(31)15-29-12-9-17(10-13-29)27-26(34)35-16-22-20-7-3-1-5-18(20)19-6-2-4-8-21(19)22/h1-8,17,22-23,30H,9-16H2,(H,27,34)(H,28,31)(H,32,33)/t23-/m1/s1. The van der Waals surface area contributed by atoms with Crippen LogP contribution < -0.4 is 10.6 Å². The van der Waals surface area contributed by atoms with Gasteiger partial charge in [0.15, 0.2) is 0 Å². The van der Waals surface area contributed by atoms with E-state index in [1.54, 1.807) is 0 Å². The topological polar surface area (TPSA) is 128 Å². The van der Waals surface area contributed by atoms with E-state index in [9.17, 15) is 14.4 Å². The first-order valence-corrected chi connectivity index (χ1v) is 11.9. The van der Waals surface area contributed by atoms with E-state index in [0.717, 1.165) is 11.1 Å². The molecule has 2 aromatic carbocycles. The van der Waals surface area contributed by atoms with Crippen molar-refractivity contribution in [1.29, 1.82) is 0 Å². The fourth-order valence-electron chi connectivity index (χ4n) is 4.87. The van der Waals surface area contributed by atoms with Crippen LogP contribution in [0.15, 0.2) is 48.5 Å². The average Bonchev–Trinajstić information content (AvgIpc) is 3.17. The van der Waals surface area contributed by atoms with E-state index in [1.165, 1.54) is 11.1 Å². The van der Waals surface area contributed by atoms with Gasteiger partial charge in [-0.1, -0.05) is 48.5 Å². The van der Waals surface area contributed by atoms with Crippen LogP contribution in [0.3, 0.4) is 0 Å². The number of rotatable bonds is 9. The Hall–Kier alpha value is -3.43. The molecule has 1 aliphatic carbocycles. The number of nitrogens with one attached hydrogen (secondary N) is 2. The molecule has 0 radical (unpaired) electrons. The number of aliphatic carboxylic acids is 1. The van der Waals surface area contributed by atoms with Crippen LogP contribution in [0, 0.1) is 0 Å². The SMILES string of the molecule is O=C(CN1CCC(NC(=O)OCC2c3ccccc3-c3ccccc32)CC1)N[C@H](CCO)C(=O)O. The number of fused-ring (bicyclic) bond motifs is 3. The molecule has 0 saturated carbocycles. The van der Waals surface area contributed by atoms with Crippen molar-refractivity contribution in [3.05, 3.63) is 59.7 Å². The highest BCUT2D eigenvalue weighted by Gasteiger charge is 2.30. The third-order valence-electron chi connectivity index (χ3n) is 6.67. The maximum absolute atomic E-state index is 12.5. The number of carbonyl (C=O) groups is 3. The van der Waals surface area contributed by atoms with Gasteiger partial charge >= 0.3 is 12.1 Å². The zero-order chi connectivity index (χ0) is 24.8. The van der Waals surface area contributed by atoms with E-state index in [1.807, 2.05) is 29.2 Å². The highest BCUT2D eigenvalue weighted by Crippen LogP contribution is 2.44. The second-order valence-corrected chi connectivity index (χ2v) is 8.99. The maximum Gasteiger partial charge on any atom is 0.407 e. The van der Waals surface area contributed by atoms with Crippen molar-refractivity contribution in [2.45, 2.75) is 37.3 Å². The molecule has 9 nitrogen and oxygen atoms in total. The second-order valence-electron chi connectivity index (χ2n) is 8.99. The number of amides is 2. The third kappa shape index (κ3) is 5.98. The number of benzene rings is 2. The molecule has 2 amide bonds. The van der Waals surface area contributed by atoms with Crippen LogP contribution in [0.4, 0.5) is 4.79 Å². The quantitative estimate of drug-likeness (QED) is 0.431. The van der Waals surface area contributed by atoms with Gasteiger partial charge in [0, 0.05) is 38.1 Å². The predicted octanol–water partition coefficient (Wildman–Crippen LogP) is 1.94. The van der Waals surface area contributed by atoms with Gasteiger partial charge in [-0.15, -0.1) is 0 Å². The van der Waals surface area contributed by atoms with Crippen LogP contribution in [0.1, 0.15) is 36.3 Å². The largest absolute Gasteiger partial charge is 0.480 e. The summed E-state index contributed by atoms with van der Waals surface area (Å²) in [5.74, 6) is -1.55. The van der Waals surface area contributed by atoms with Crippen molar-refractivity contribution in [1.82, 2.24) is 15.5 Å². The Labute approximate surface area is 204 Å². The van der Waals surface area contributed by atoms with Gasteiger partial charge in [-0.3, -0.25) is 9.69 Å². The summed E-state index contributed by atoms with van der Waals surface area (Å²) in [6.45, 7) is 1.22. The number of aliphatic hydroxyl groups is 1. The fraction of sp³-hybridized carbons (Fsp3) is 0.423. The summed E-state index contributed by atoms with van der Waals surface area (Å²) in [5, 5.41) is 23.4. The molecule has 9 heteroatoms. The van der Waals surface area contributed by atoms with E-state index >= 15 is 0 Å². The summed E-state index contributed by atoms with van der Waals surface area (Å²) in [6, 6.07) is 15.2. The first-order chi connectivity index (χ1) is 17.0. The van der Waals surface area contributed by atoms with E-state index < -0.39 is 24.0 Å². The lowest BCUT2D eigenvalue weighted by Crippen LogP contribution is -2.50. The summed E-state index contributed by atoms with van der Waals surface area (Å²) in [6.07, 6.45) is 0.844. The molecule has 186 valence electrons. The number of nitrogens with zero attached hydrogens (tertiary/aromatic N) is 1. The summed E-state index contributed by atoms with van der Waals surface area (Å²) in [5.41, 5.74) is 4.69. The van der Waals surface area contributed by atoms with Crippen LogP contribution >= 0.6 is 0 Å². The lowest BCUT2D eigenvalue weighted by molar-refractivity contribution is -0.142. The molecule has 0 aromatic heterocycles. The Kier molecular flexibility index (Phi) is 7.99. The van der Waals surface area contributed by atoms with Gasteiger partial charge in [-0.2, -0.15) is 0 Å². The van der Waals surface area contributed by atoms with Crippen molar-refractivity contribution in [3.8, 4) is 11.1 Å². The zero-order valence-corrected chi connectivity index (χ0v) is 19.5. The minimum Gasteiger partial charge on any atom is -0.480 e. The normalized spacial score (nSPS) is 16.7. The maximum atomic E-state index is 12.5. The zero-order valence-electron chi connectivity index (χ0n) is 19.5. The number of carbonyl (C=O) groups excluding carboxylic acids is 2. The molecular weight excluding hydrogens is 450 g/mol. The van der Waals surface area contributed by atoms with Crippen molar-refractivity contribution < 1.29 is 29.3 Å². The number of likely N-dealkylation sites (tertiary alicyclic amines) is 1. The summed E-state index contributed by atoms with van der Waals surface area (Å²) in [7, 11) is 0. The molecule has 4 rings (SSSR count). The van der Waals surface area contributed by atoms with Crippen LogP contribution in [0.25, 0.3) is 11.1 Å². The average molecular weight is 482 g/mol. The minimum absolute atomic E-state index is 0.00831. The molecule has 4 N–H and O–H groups in total. The van der Waals surface area contributed by atoms with Crippen LogP contribution in [0.5, 0.6) is 0 Å². The first kappa shape index (κ1) is 24.7. The van der Waals surface area contributed by atoms with Gasteiger partial charge in [0.2, 0.25) is 5.91 Å². The van der Waals surface area contributed by atoms with Gasteiger partial charge in [0.05, 0.1) is 6.54 Å². The second kappa shape index (κ2) is 11.3. The van der Waals surface area contributed by atoms with Gasteiger partial charge in [0.1, 0.15) is 12.6 Å². The molecule has 2 aromatic rings. The minimum atomic E-state index is -1.17. The van der Waals surface area contributed by atoms with Crippen molar-refractivity contribution in [2.24, 2.45) is 0 Å². The Bertz CT molecular complexity index is 1020. The van der Waals surface area contributed by atoms with E-state index in [2.05, 4.69) is 34.9 Å². The molecule has 1 aliphatic heterocycles. The number of alkyl carbamates (subject to hydrolysis) is 1. The molecule has 35 heavy (non-hydrogen) atoms. The number of carboxylic acid groups (broad SMARTS) is 1.